The molecule has 0 aliphatic heterocycles. The topological polar surface area (TPSA) is 0 Å². The van der Waals surface area contributed by atoms with Crippen LogP contribution in [0.2, 0.25) is 0 Å². The minimum atomic E-state index is 0. The van der Waals surface area contributed by atoms with Gasteiger partial charge in [-0.15, -0.1) is 0 Å². The molecular formula is C12H14Zr. The summed E-state index contributed by atoms with van der Waals surface area (Å²) < 4.78 is 0. The first kappa shape index (κ1) is 12.6. The van der Waals surface area contributed by atoms with Crippen LogP contribution in [0.25, 0.3) is 0 Å². The third-order valence-electron chi connectivity index (χ3n) is 1.66. The molecule has 0 bridgehead atoms. The van der Waals surface area contributed by atoms with Gasteiger partial charge in [-0.1, -0.05) is 13.8 Å². The molecule has 0 nitrogen and oxygen atoms in total. The number of hydrogen-bond acceptors (Lipinski definition) is 0. The summed E-state index contributed by atoms with van der Waals surface area (Å²) >= 11 is 0. The molecule has 0 N–H and O–H groups in total. The van der Waals surface area contributed by atoms with E-state index in [0.29, 0.717) is 0 Å². The van der Waals surface area contributed by atoms with Gasteiger partial charge in [0, 0.05) is 0 Å². The van der Waals surface area contributed by atoms with Gasteiger partial charge in [-0.05, 0) is 0 Å². The third-order valence-corrected chi connectivity index (χ3v) is 1.66. The van der Waals surface area contributed by atoms with Crippen molar-refractivity contribution in [1.82, 2.24) is 0 Å². The van der Waals surface area contributed by atoms with Crippen LogP contribution in [0.3, 0.4) is 0 Å². The van der Waals surface area contributed by atoms with Gasteiger partial charge >= 0.3 is 26.2 Å². The molecule has 2 aromatic carbocycles. The molecule has 0 saturated heterocycles. The van der Waals surface area contributed by atoms with Crippen LogP contribution in [0.1, 0.15) is 11.1 Å². The second-order valence-electron chi connectivity index (χ2n) is 2.92. The Balaban J connectivity index is 0.000000206. The molecule has 0 fully saturated rings. The van der Waals surface area contributed by atoms with E-state index >= 15 is 0 Å². The van der Waals surface area contributed by atoms with E-state index in [1.807, 2.05) is 24.3 Å². The van der Waals surface area contributed by atoms with Crippen LogP contribution in [0.4, 0.5) is 0 Å². The predicted molar refractivity (Wildman–Crippen MR) is 53.5 cm³/mol. The Morgan fingerprint density at radius 1 is 0.615 bits per heavy atom. The normalized spacial score (nSPS) is 8.15. The van der Waals surface area contributed by atoms with Gasteiger partial charge in [0.25, 0.3) is 0 Å². The van der Waals surface area contributed by atoms with Gasteiger partial charge in [-0.25, -0.2) is 24.3 Å². The van der Waals surface area contributed by atoms with Gasteiger partial charge < -0.3 is 0 Å². The van der Waals surface area contributed by atoms with E-state index in [1.165, 1.54) is 11.1 Å². The summed E-state index contributed by atoms with van der Waals surface area (Å²) in [5.74, 6) is 0. The third kappa shape index (κ3) is 5.77. The fourth-order valence-electron chi connectivity index (χ4n) is 0.940. The van der Waals surface area contributed by atoms with E-state index in [1.54, 1.807) is 0 Å². The molecule has 13 heavy (non-hydrogen) atoms. The van der Waals surface area contributed by atoms with Crippen molar-refractivity contribution in [3.63, 3.8) is 0 Å². The Bertz CT molecular complexity index is 245. The SMILES string of the molecule is C[c-]1cccc1.C[c-]1cccc1.[Zr+2]. The van der Waals surface area contributed by atoms with Crippen molar-refractivity contribution in [3.05, 3.63) is 59.7 Å². The number of aryl methyl sites for hydroxylation is 2. The molecule has 0 aromatic heterocycles. The molecule has 2 aromatic rings. The fraction of sp³-hybridized carbons (Fsp3) is 0.167. The molecule has 0 radical (unpaired) electrons. The molecule has 0 unspecified atom stereocenters. The first-order valence-corrected chi connectivity index (χ1v) is 4.15. The Kier molecular flexibility index (Phi) is 6.81. The minimum absolute atomic E-state index is 0. The standard InChI is InChI=1S/2C6H7.Zr/c2*1-6-4-2-3-5-6;/h2*2-5H,1H3;/q2*-1;+2. The van der Waals surface area contributed by atoms with Crippen LogP contribution >= 0.6 is 0 Å². The molecule has 0 saturated carbocycles. The van der Waals surface area contributed by atoms with Crippen molar-refractivity contribution >= 4 is 0 Å². The van der Waals surface area contributed by atoms with Gasteiger partial charge in [0.2, 0.25) is 0 Å². The maximum absolute atomic E-state index is 2.08. The van der Waals surface area contributed by atoms with E-state index in [4.69, 9.17) is 0 Å². The summed E-state index contributed by atoms with van der Waals surface area (Å²) in [6.07, 6.45) is 0. The van der Waals surface area contributed by atoms with E-state index < -0.39 is 0 Å². The summed E-state index contributed by atoms with van der Waals surface area (Å²) in [5.41, 5.74) is 2.69. The smallest absolute Gasteiger partial charge is 0.213 e. The molecule has 0 heterocycles. The van der Waals surface area contributed by atoms with E-state index in [9.17, 15) is 0 Å². The Morgan fingerprint density at radius 2 is 0.846 bits per heavy atom. The van der Waals surface area contributed by atoms with Gasteiger partial charge in [-0.3, -0.25) is 0 Å². The molecule has 0 atom stereocenters. The van der Waals surface area contributed by atoms with E-state index in [2.05, 4.69) is 38.1 Å². The zero-order valence-electron chi connectivity index (χ0n) is 8.12. The van der Waals surface area contributed by atoms with E-state index in [0.717, 1.165) is 0 Å². The summed E-state index contributed by atoms with van der Waals surface area (Å²) in [6.45, 7) is 4.17. The van der Waals surface area contributed by atoms with Gasteiger partial charge in [0.15, 0.2) is 0 Å². The maximum Gasteiger partial charge on any atom is 2.00 e. The molecule has 66 valence electrons. The Morgan fingerprint density at radius 3 is 0.923 bits per heavy atom. The summed E-state index contributed by atoms with van der Waals surface area (Å²) in [5, 5.41) is 0. The molecule has 0 aliphatic rings. The van der Waals surface area contributed by atoms with Crippen LogP contribution in [0, 0.1) is 13.8 Å². The summed E-state index contributed by atoms with van der Waals surface area (Å²) in [7, 11) is 0. The molecule has 2 rings (SSSR count). The van der Waals surface area contributed by atoms with Gasteiger partial charge in [0.05, 0.1) is 0 Å². The largest absolute Gasteiger partial charge is 2.00 e. The van der Waals surface area contributed by atoms with Crippen LogP contribution in [0.5, 0.6) is 0 Å². The van der Waals surface area contributed by atoms with Crippen molar-refractivity contribution in [3.8, 4) is 0 Å². The van der Waals surface area contributed by atoms with Crippen molar-refractivity contribution in [2.45, 2.75) is 13.8 Å². The minimum Gasteiger partial charge on any atom is -0.213 e. The first-order chi connectivity index (χ1) is 5.79. The quantitative estimate of drug-likeness (QED) is 0.628. The zero-order valence-corrected chi connectivity index (χ0v) is 10.6. The summed E-state index contributed by atoms with van der Waals surface area (Å²) in [4.78, 5) is 0. The van der Waals surface area contributed by atoms with Crippen LogP contribution in [0.15, 0.2) is 48.5 Å². The fourth-order valence-corrected chi connectivity index (χ4v) is 0.940. The van der Waals surface area contributed by atoms with Gasteiger partial charge in [0.1, 0.15) is 0 Å². The first-order valence-electron chi connectivity index (χ1n) is 4.15. The zero-order chi connectivity index (χ0) is 8.81. The second kappa shape index (κ2) is 7.03. The predicted octanol–water partition coefficient (Wildman–Crippen LogP) is 3.43. The van der Waals surface area contributed by atoms with Crippen molar-refractivity contribution in [2.75, 3.05) is 0 Å². The molecule has 1 heteroatoms. The summed E-state index contributed by atoms with van der Waals surface area (Å²) in [6, 6.07) is 16.5. The average molecular weight is 249 g/mol. The van der Waals surface area contributed by atoms with E-state index in [-0.39, 0.29) is 26.2 Å². The molecular weight excluding hydrogens is 235 g/mol. The Labute approximate surface area is 99.5 Å². The number of hydrogen-bond donors (Lipinski definition) is 0. The van der Waals surface area contributed by atoms with Crippen molar-refractivity contribution in [1.29, 1.82) is 0 Å². The van der Waals surface area contributed by atoms with Crippen molar-refractivity contribution in [2.24, 2.45) is 0 Å². The van der Waals surface area contributed by atoms with Crippen LogP contribution in [-0.4, -0.2) is 0 Å². The van der Waals surface area contributed by atoms with Crippen molar-refractivity contribution < 1.29 is 26.2 Å². The van der Waals surface area contributed by atoms with Crippen LogP contribution in [-0.2, 0) is 26.2 Å². The Hall–Kier alpha value is -0.417. The van der Waals surface area contributed by atoms with Crippen LogP contribution < -0.4 is 0 Å². The molecule has 0 spiro atoms. The molecule has 0 amide bonds. The second-order valence-corrected chi connectivity index (χ2v) is 2.92. The average Bonchev–Trinajstić information content (AvgIpc) is 2.63. The molecule has 0 aliphatic carbocycles. The monoisotopic (exact) mass is 248 g/mol. The maximum atomic E-state index is 2.08. The van der Waals surface area contributed by atoms with Gasteiger partial charge in [-0.2, -0.15) is 35.4 Å². The number of rotatable bonds is 0.